The molecule has 4 aromatic rings. The van der Waals surface area contributed by atoms with E-state index in [4.69, 9.17) is 5.11 Å². The second-order valence-corrected chi connectivity index (χ2v) is 6.29. The standard InChI is InChI=1S/C18H15N7O4/c1-10(26)21-13-4-2-11(3-5-13)7-24-9-19-15-14(24)16(27)23-18(22-15)25-8-12(6-20-25)17(28)29/h2-6,8-9H,7H2,1H3,(H,21,26)(H,28,29)(H,22,23,27). The summed E-state index contributed by atoms with van der Waals surface area (Å²) in [6.07, 6.45) is 3.92. The number of carboxylic acid groups (broad SMARTS) is 1. The molecule has 1 amide bonds. The fraction of sp³-hybridized carbons (Fsp3) is 0.111. The van der Waals surface area contributed by atoms with Gasteiger partial charge in [-0.15, -0.1) is 0 Å². The molecule has 0 saturated carbocycles. The normalized spacial score (nSPS) is 10.9. The van der Waals surface area contributed by atoms with Gasteiger partial charge in [-0.25, -0.2) is 14.5 Å². The number of imidazole rings is 1. The molecule has 0 aliphatic heterocycles. The van der Waals surface area contributed by atoms with Gasteiger partial charge in [-0.2, -0.15) is 10.1 Å². The second kappa shape index (κ2) is 7.03. The largest absolute Gasteiger partial charge is 0.478 e. The van der Waals surface area contributed by atoms with E-state index in [1.165, 1.54) is 24.1 Å². The molecular formula is C18H15N7O4. The molecule has 29 heavy (non-hydrogen) atoms. The number of aromatic carboxylic acids is 1. The first-order chi connectivity index (χ1) is 13.9. The topological polar surface area (TPSA) is 148 Å². The molecule has 4 rings (SSSR count). The summed E-state index contributed by atoms with van der Waals surface area (Å²) in [6.45, 7) is 1.82. The highest BCUT2D eigenvalue weighted by Gasteiger charge is 2.14. The number of nitrogens with one attached hydrogen (secondary N) is 2. The number of hydrogen-bond acceptors (Lipinski definition) is 6. The Balaban J connectivity index is 1.64. The van der Waals surface area contributed by atoms with Crippen molar-refractivity contribution in [2.24, 2.45) is 0 Å². The van der Waals surface area contributed by atoms with Crippen LogP contribution in [0, 0.1) is 0 Å². The zero-order chi connectivity index (χ0) is 20.5. The number of nitrogens with zero attached hydrogens (tertiary/aromatic N) is 5. The monoisotopic (exact) mass is 393 g/mol. The van der Waals surface area contributed by atoms with Gasteiger partial charge in [0.05, 0.1) is 18.1 Å². The summed E-state index contributed by atoms with van der Waals surface area (Å²) in [5, 5.41) is 15.6. The summed E-state index contributed by atoms with van der Waals surface area (Å²) in [5.74, 6) is -1.21. The molecule has 146 valence electrons. The molecule has 0 radical (unpaired) electrons. The lowest BCUT2D eigenvalue weighted by Gasteiger charge is -2.06. The number of fused-ring (bicyclic) bond motifs is 1. The summed E-state index contributed by atoms with van der Waals surface area (Å²) in [6, 6.07) is 7.22. The van der Waals surface area contributed by atoms with E-state index in [1.807, 2.05) is 12.1 Å². The van der Waals surface area contributed by atoms with Crippen LogP contribution in [-0.2, 0) is 11.3 Å². The average Bonchev–Trinajstić information content (AvgIpc) is 3.31. The smallest absolute Gasteiger partial charge is 0.338 e. The maximum absolute atomic E-state index is 12.6. The lowest BCUT2D eigenvalue weighted by atomic mass is 10.2. The van der Waals surface area contributed by atoms with Crippen LogP contribution in [0.15, 0.2) is 47.8 Å². The fourth-order valence-corrected chi connectivity index (χ4v) is 2.85. The third kappa shape index (κ3) is 3.60. The molecule has 0 bridgehead atoms. The number of amides is 1. The summed E-state index contributed by atoms with van der Waals surface area (Å²) < 4.78 is 2.83. The van der Waals surface area contributed by atoms with Crippen LogP contribution in [0.5, 0.6) is 0 Å². The predicted octanol–water partition coefficient (Wildman–Crippen LogP) is 1.01. The van der Waals surface area contributed by atoms with Crippen molar-refractivity contribution in [1.29, 1.82) is 0 Å². The Morgan fingerprint density at radius 2 is 2.00 bits per heavy atom. The third-order valence-corrected chi connectivity index (χ3v) is 4.14. The highest BCUT2D eigenvalue weighted by molar-refractivity contribution is 5.88. The van der Waals surface area contributed by atoms with Crippen LogP contribution in [0.3, 0.4) is 0 Å². The quantitative estimate of drug-likeness (QED) is 0.458. The SMILES string of the molecule is CC(=O)Nc1ccc(Cn2cnc3nc(-n4cc(C(=O)O)cn4)[nH]c(=O)c32)cc1. The lowest BCUT2D eigenvalue weighted by Crippen LogP contribution is -2.16. The van der Waals surface area contributed by atoms with Gasteiger partial charge < -0.3 is 15.0 Å². The van der Waals surface area contributed by atoms with Crippen molar-refractivity contribution in [2.75, 3.05) is 5.32 Å². The number of benzene rings is 1. The molecule has 0 fully saturated rings. The van der Waals surface area contributed by atoms with Crippen molar-refractivity contribution in [3.63, 3.8) is 0 Å². The minimum atomic E-state index is -1.13. The van der Waals surface area contributed by atoms with Gasteiger partial charge in [0.1, 0.15) is 0 Å². The van der Waals surface area contributed by atoms with Gasteiger partial charge in [0.25, 0.3) is 5.56 Å². The molecule has 0 spiro atoms. The Kier molecular flexibility index (Phi) is 4.39. The summed E-state index contributed by atoms with van der Waals surface area (Å²) in [5.41, 5.74) is 1.63. The van der Waals surface area contributed by atoms with Crippen molar-refractivity contribution >= 4 is 28.7 Å². The number of carboxylic acids is 1. The lowest BCUT2D eigenvalue weighted by molar-refractivity contribution is -0.114. The van der Waals surface area contributed by atoms with Gasteiger partial charge in [-0.3, -0.25) is 14.6 Å². The molecule has 0 unspecified atom stereocenters. The first kappa shape index (κ1) is 18.1. The molecular weight excluding hydrogens is 378 g/mol. The molecule has 3 heterocycles. The molecule has 0 saturated heterocycles. The van der Waals surface area contributed by atoms with E-state index in [-0.39, 0.29) is 28.6 Å². The van der Waals surface area contributed by atoms with E-state index in [0.29, 0.717) is 12.2 Å². The highest BCUT2D eigenvalue weighted by atomic mass is 16.4. The minimum Gasteiger partial charge on any atom is -0.478 e. The number of anilines is 1. The van der Waals surface area contributed by atoms with Gasteiger partial charge in [0.15, 0.2) is 11.2 Å². The minimum absolute atomic E-state index is 0.0269. The number of hydrogen-bond donors (Lipinski definition) is 3. The number of rotatable bonds is 5. The Morgan fingerprint density at radius 1 is 1.24 bits per heavy atom. The van der Waals surface area contributed by atoms with Crippen LogP contribution in [0.2, 0.25) is 0 Å². The van der Waals surface area contributed by atoms with E-state index in [2.05, 4.69) is 25.4 Å². The molecule has 3 aromatic heterocycles. The van der Waals surface area contributed by atoms with Gasteiger partial charge in [-0.1, -0.05) is 12.1 Å². The molecule has 1 aromatic carbocycles. The molecule has 11 nitrogen and oxygen atoms in total. The van der Waals surface area contributed by atoms with Crippen LogP contribution in [0.1, 0.15) is 22.8 Å². The number of carbonyl (C=O) groups is 2. The first-order valence-corrected chi connectivity index (χ1v) is 8.51. The van der Waals surface area contributed by atoms with Crippen LogP contribution in [0.4, 0.5) is 5.69 Å². The van der Waals surface area contributed by atoms with E-state index in [0.717, 1.165) is 11.8 Å². The third-order valence-electron chi connectivity index (χ3n) is 4.14. The van der Waals surface area contributed by atoms with E-state index in [9.17, 15) is 14.4 Å². The van der Waals surface area contributed by atoms with E-state index >= 15 is 0 Å². The van der Waals surface area contributed by atoms with Crippen molar-refractivity contribution in [3.8, 4) is 5.95 Å². The Hall–Kier alpha value is -4.28. The van der Waals surface area contributed by atoms with Crippen LogP contribution < -0.4 is 10.9 Å². The number of carbonyl (C=O) groups excluding carboxylic acids is 1. The summed E-state index contributed by atoms with van der Waals surface area (Å²) in [4.78, 5) is 45.7. The van der Waals surface area contributed by atoms with Crippen LogP contribution in [-0.4, -0.2) is 46.3 Å². The number of aromatic nitrogens is 6. The van der Waals surface area contributed by atoms with Gasteiger partial charge in [0, 0.05) is 25.4 Å². The maximum Gasteiger partial charge on any atom is 0.338 e. The number of H-pyrrole nitrogens is 1. The van der Waals surface area contributed by atoms with Crippen molar-refractivity contribution < 1.29 is 14.7 Å². The van der Waals surface area contributed by atoms with Crippen molar-refractivity contribution in [3.05, 3.63) is 64.5 Å². The molecule has 0 atom stereocenters. The Labute approximate surface area is 162 Å². The molecule has 3 N–H and O–H groups in total. The predicted molar refractivity (Wildman–Crippen MR) is 102 cm³/mol. The summed E-state index contributed by atoms with van der Waals surface area (Å²) >= 11 is 0. The van der Waals surface area contributed by atoms with Gasteiger partial charge in [-0.05, 0) is 17.7 Å². The fourth-order valence-electron chi connectivity index (χ4n) is 2.85. The zero-order valence-corrected chi connectivity index (χ0v) is 15.2. The van der Waals surface area contributed by atoms with Crippen molar-refractivity contribution in [2.45, 2.75) is 13.5 Å². The van der Waals surface area contributed by atoms with Gasteiger partial charge >= 0.3 is 5.97 Å². The average molecular weight is 393 g/mol. The molecule has 11 heteroatoms. The summed E-state index contributed by atoms with van der Waals surface area (Å²) in [7, 11) is 0. The van der Waals surface area contributed by atoms with Crippen molar-refractivity contribution in [1.82, 2.24) is 29.3 Å². The van der Waals surface area contributed by atoms with Gasteiger partial charge in [0.2, 0.25) is 11.9 Å². The van der Waals surface area contributed by atoms with E-state index in [1.54, 1.807) is 16.7 Å². The second-order valence-electron chi connectivity index (χ2n) is 6.29. The van der Waals surface area contributed by atoms with E-state index < -0.39 is 11.5 Å². The van der Waals surface area contributed by atoms with Crippen LogP contribution in [0.25, 0.3) is 17.1 Å². The van der Waals surface area contributed by atoms with Crippen LogP contribution >= 0.6 is 0 Å². The molecule has 0 aliphatic carbocycles. The Bertz CT molecular complexity index is 1280. The molecule has 0 aliphatic rings. The maximum atomic E-state index is 12.6. The zero-order valence-electron chi connectivity index (χ0n) is 15.2. The Morgan fingerprint density at radius 3 is 2.66 bits per heavy atom. The highest BCUT2D eigenvalue weighted by Crippen LogP contribution is 2.14. The first-order valence-electron chi connectivity index (χ1n) is 8.51. The number of aromatic amines is 1.